The maximum Gasteiger partial charge on any atom is 0.222 e. The van der Waals surface area contributed by atoms with Crippen LogP contribution < -0.4 is 20.1 Å². The monoisotopic (exact) mass is 454 g/mol. The van der Waals surface area contributed by atoms with Crippen molar-refractivity contribution in [2.75, 3.05) is 31.9 Å². The van der Waals surface area contributed by atoms with E-state index in [2.05, 4.69) is 51.8 Å². The molecule has 5 rings (SSSR count). The highest BCUT2D eigenvalue weighted by molar-refractivity contribution is 6.03. The van der Waals surface area contributed by atoms with Crippen LogP contribution in [0, 0.1) is 6.92 Å². The largest absolute Gasteiger partial charge is 0.493 e. The third-order valence-electron chi connectivity index (χ3n) is 5.95. The summed E-state index contributed by atoms with van der Waals surface area (Å²) in [5.41, 5.74) is 6.21. The molecule has 2 aromatic heterocycles. The van der Waals surface area contributed by atoms with Gasteiger partial charge < -0.3 is 20.1 Å². The summed E-state index contributed by atoms with van der Waals surface area (Å²) < 4.78 is 12.7. The van der Waals surface area contributed by atoms with Crippen LogP contribution in [0.2, 0.25) is 0 Å². The Bertz CT molecular complexity index is 1530. The molecular formula is C26H26N6O2. The minimum absolute atomic E-state index is 0.607. The van der Waals surface area contributed by atoms with E-state index in [4.69, 9.17) is 14.6 Å². The van der Waals surface area contributed by atoms with Crippen LogP contribution in [-0.2, 0) is 7.05 Å². The summed E-state index contributed by atoms with van der Waals surface area (Å²) in [5.74, 6) is 2.72. The molecule has 0 spiro atoms. The van der Waals surface area contributed by atoms with Crippen molar-refractivity contribution in [1.29, 1.82) is 0 Å². The van der Waals surface area contributed by atoms with Gasteiger partial charge in [-0.3, -0.25) is 4.68 Å². The van der Waals surface area contributed by atoms with Crippen LogP contribution in [-0.4, -0.2) is 41.0 Å². The first-order chi connectivity index (χ1) is 16.5. The van der Waals surface area contributed by atoms with Crippen LogP contribution >= 0.6 is 0 Å². The van der Waals surface area contributed by atoms with E-state index in [-0.39, 0.29) is 0 Å². The number of hydrogen-bond acceptors (Lipinski definition) is 7. The molecule has 2 N–H and O–H groups in total. The number of aryl methyl sites for hydroxylation is 2. The second-order valence-corrected chi connectivity index (χ2v) is 8.04. The van der Waals surface area contributed by atoms with Gasteiger partial charge in [0.15, 0.2) is 17.3 Å². The predicted octanol–water partition coefficient (Wildman–Crippen LogP) is 5.29. The van der Waals surface area contributed by atoms with Crippen molar-refractivity contribution in [3.8, 4) is 22.6 Å². The van der Waals surface area contributed by atoms with Crippen LogP contribution in [0.25, 0.3) is 32.9 Å². The highest BCUT2D eigenvalue weighted by atomic mass is 16.5. The molecule has 5 aromatic rings. The van der Waals surface area contributed by atoms with Gasteiger partial charge in [0, 0.05) is 48.4 Å². The molecule has 34 heavy (non-hydrogen) atoms. The molecule has 0 aliphatic carbocycles. The fourth-order valence-electron chi connectivity index (χ4n) is 4.29. The van der Waals surface area contributed by atoms with E-state index in [0.717, 1.165) is 44.4 Å². The lowest BCUT2D eigenvalue weighted by Crippen LogP contribution is -1.97. The minimum atomic E-state index is 0.607. The van der Waals surface area contributed by atoms with E-state index in [1.807, 2.05) is 49.2 Å². The SMILES string of the molecule is CNc1ncc2cc(-c3c(C)ccc4c(Nc5ccc(OC)c(OC)c5)nn(C)c34)ccc2n1. The molecule has 0 bridgehead atoms. The van der Waals surface area contributed by atoms with Gasteiger partial charge in [0.2, 0.25) is 5.95 Å². The number of nitrogens with one attached hydrogen (secondary N) is 2. The first kappa shape index (κ1) is 21.5. The Hall–Kier alpha value is -4.33. The zero-order chi connectivity index (χ0) is 23.8. The molecule has 0 saturated heterocycles. The van der Waals surface area contributed by atoms with Crippen molar-refractivity contribution in [1.82, 2.24) is 19.7 Å². The van der Waals surface area contributed by atoms with Gasteiger partial charge in [0.1, 0.15) is 0 Å². The Morgan fingerprint density at radius 3 is 2.53 bits per heavy atom. The predicted molar refractivity (Wildman–Crippen MR) is 136 cm³/mol. The Morgan fingerprint density at radius 1 is 0.941 bits per heavy atom. The van der Waals surface area contributed by atoms with E-state index in [1.165, 1.54) is 5.56 Å². The number of nitrogens with zero attached hydrogens (tertiary/aromatic N) is 4. The number of hydrogen-bond donors (Lipinski definition) is 2. The maximum atomic E-state index is 5.44. The summed E-state index contributed by atoms with van der Waals surface area (Å²) in [4.78, 5) is 8.91. The maximum absolute atomic E-state index is 5.44. The molecule has 0 aliphatic rings. The molecule has 0 saturated carbocycles. The van der Waals surface area contributed by atoms with Crippen LogP contribution in [0.15, 0.2) is 54.7 Å². The van der Waals surface area contributed by atoms with Crippen molar-refractivity contribution in [2.45, 2.75) is 6.92 Å². The van der Waals surface area contributed by atoms with Gasteiger partial charge in [0.05, 0.1) is 25.3 Å². The second-order valence-electron chi connectivity index (χ2n) is 8.04. The van der Waals surface area contributed by atoms with Crippen molar-refractivity contribution in [3.05, 3.63) is 60.3 Å². The minimum Gasteiger partial charge on any atom is -0.493 e. The van der Waals surface area contributed by atoms with Crippen molar-refractivity contribution >= 4 is 39.3 Å². The molecule has 8 nitrogen and oxygen atoms in total. The fraction of sp³-hybridized carbons (Fsp3) is 0.192. The molecule has 0 atom stereocenters. The van der Waals surface area contributed by atoms with E-state index < -0.39 is 0 Å². The molecule has 3 aromatic carbocycles. The Kier molecular flexibility index (Phi) is 5.41. The Morgan fingerprint density at radius 2 is 1.76 bits per heavy atom. The zero-order valence-corrected chi connectivity index (χ0v) is 19.8. The highest BCUT2D eigenvalue weighted by Crippen LogP contribution is 2.38. The molecule has 0 radical (unpaired) electrons. The molecule has 0 amide bonds. The molecule has 2 heterocycles. The third kappa shape index (κ3) is 3.63. The smallest absolute Gasteiger partial charge is 0.222 e. The number of fused-ring (bicyclic) bond motifs is 2. The van der Waals surface area contributed by atoms with E-state index >= 15 is 0 Å². The quantitative estimate of drug-likeness (QED) is 0.360. The van der Waals surface area contributed by atoms with Crippen LogP contribution in [0.4, 0.5) is 17.5 Å². The summed E-state index contributed by atoms with van der Waals surface area (Å²) in [6.45, 7) is 2.12. The number of ether oxygens (including phenoxy) is 2. The number of anilines is 3. The van der Waals surface area contributed by atoms with Crippen molar-refractivity contribution in [3.63, 3.8) is 0 Å². The van der Waals surface area contributed by atoms with Gasteiger partial charge in [-0.2, -0.15) is 5.10 Å². The Labute approximate surface area is 197 Å². The van der Waals surface area contributed by atoms with Crippen molar-refractivity contribution < 1.29 is 9.47 Å². The van der Waals surface area contributed by atoms with Crippen LogP contribution in [0.5, 0.6) is 11.5 Å². The van der Waals surface area contributed by atoms with E-state index in [9.17, 15) is 0 Å². The third-order valence-corrected chi connectivity index (χ3v) is 5.95. The molecular weight excluding hydrogens is 428 g/mol. The normalized spacial score (nSPS) is 11.1. The lowest BCUT2D eigenvalue weighted by Gasteiger charge is -2.11. The van der Waals surface area contributed by atoms with Gasteiger partial charge in [-0.25, -0.2) is 9.97 Å². The summed E-state index contributed by atoms with van der Waals surface area (Å²) in [6.07, 6.45) is 1.85. The second kappa shape index (κ2) is 8.55. The summed E-state index contributed by atoms with van der Waals surface area (Å²) >= 11 is 0. The summed E-state index contributed by atoms with van der Waals surface area (Å²) in [7, 11) is 7.03. The van der Waals surface area contributed by atoms with Gasteiger partial charge in [-0.15, -0.1) is 0 Å². The molecule has 0 fully saturated rings. The van der Waals surface area contributed by atoms with Crippen LogP contribution in [0.1, 0.15) is 5.56 Å². The van der Waals surface area contributed by atoms with Gasteiger partial charge in [-0.1, -0.05) is 12.1 Å². The highest BCUT2D eigenvalue weighted by Gasteiger charge is 2.17. The van der Waals surface area contributed by atoms with Gasteiger partial charge in [0.25, 0.3) is 0 Å². The van der Waals surface area contributed by atoms with E-state index in [1.54, 1.807) is 14.2 Å². The van der Waals surface area contributed by atoms with E-state index in [0.29, 0.717) is 17.4 Å². The number of benzene rings is 3. The number of rotatable bonds is 6. The van der Waals surface area contributed by atoms with Crippen molar-refractivity contribution in [2.24, 2.45) is 7.05 Å². The standard InChI is InChI=1S/C26H26N6O2/c1-15-6-9-19-24(23(15)16-7-10-20-17(12-16)14-28-26(27-2)30-20)32(3)31-25(19)29-18-8-11-21(33-4)22(13-18)34-5/h6-14H,1-5H3,(H,29,31)(H,27,28,30). The average molecular weight is 455 g/mol. The molecule has 172 valence electrons. The average Bonchev–Trinajstić information content (AvgIpc) is 3.17. The fourth-order valence-corrected chi connectivity index (χ4v) is 4.29. The Balaban J connectivity index is 1.61. The zero-order valence-electron chi connectivity index (χ0n) is 19.8. The number of aromatic nitrogens is 4. The molecule has 8 heteroatoms. The first-order valence-corrected chi connectivity index (χ1v) is 10.9. The lowest BCUT2D eigenvalue weighted by molar-refractivity contribution is 0.355. The lowest BCUT2D eigenvalue weighted by atomic mass is 9.96. The van der Waals surface area contributed by atoms with Gasteiger partial charge in [-0.05, 0) is 48.4 Å². The van der Waals surface area contributed by atoms with Gasteiger partial charge >= 0.3 is 0 Å². The molecule has 0 unspecified atom stereocenters. The summed E-state index contributed by atoms with van der Waals surface area (Å²) in [5, 5.41) is 13.2. The molecule has 0 aliphatic heterocycles. The first-order valence-electron chi connectivity index (χ1n) is 10.9. The summed E-state index contributed by atoms with van der Waals surface area (Å²) in [6, 6.07) is 16.2. The number of methoxy groups -OCH3 is 2. The topological polar surface area (TPSA) is 86.1 Å². The van der Waals surface area contributed by atoms with Crippen LogP contribution in [0.3, 0.4) is 0 Å².